The third-order valence-corrected chi connectivity index (χ3v) is 4.26. The molecule has 2 aliphatic heterocycles. The Balaban J connectivity index is 2.00. The summed E-state index contributed by atoms with van der Waals surface area (Å²) in [4.78, 5) is 14.7. The Morgan fingerprint density at radius 3 is 2.79 bits per heavy atom. The molecule has 0 aromatic rings. The number of rotatable bonds is 4. The van der Waals surface area contributed by atoms with E-state index < -0.39 is 5.60 Å². The molecular weight excluding hydrogens is 244 g/mol. The first kappa shape index (κ1) is 14.8. The van der Waals surface area contributed by atoms with Crippen molar-refractivity contribution in [2.45, 2.75) is 44.3 Å². The molecular formula is C14H26N2O3. The van der Waals surface area contributed by atoms with Crippen LogP contribution in [-0.2, 0) is 14.3 Å². The number of likely N-dealkylation sites (tertiary alicyclic amines) is 1. The number of hydrogen-bond donors (Lipinski definition) is 1. The summed E-state index contributed by atoms with van der Waals surface area (Å²) in [5, 5.41) is 3.29. The zero-order valence-electron chi connectivity index (χ0n) is 12.1. The van der Waals surface area contributed by atoms with E-state index in [-0.39, 0.29) is 12.0 Å². The highest BCUT2D eigenvalue weighted by Crippen LogP contribution is 2.27. The summed E-state index contributed by atoms with van der Waals surface area (Å²) < 4.78 is 11.3. The standard InChI is InChI=1S/C14H26N2O3/c1-3-19-12-5-4-10-16(11-12)13(17)14(18-2)6-8-15-9-7-14/h12,15H,3-11H2,1-2H3/t12-/m0/s1. The zero-order chi connectivity index (χ0) is 13.7. The Hall–Kier alpha value is -0.650. The molecule has 1 atom stereocenters. The van der Waals surface area contributed by atoms with E-state index in [9.17, 15) is 4.79 Å². The van der Waals surface area contributed by atoms with Crippen LogP contribution >= 0.6 is 0 Å². The van der Waals surface area contributed by atoms with E-state index in [1.807, 2.05) is 11.8 Å². The molecule has 0 aromatic heterocycles. The molecule has 2 saturated heterocycles. The molecule has 0 saturated carbocycles. The van der Waals surface area contributed by atoms with E-state index in [0.29, 0.717) is 13.2 Å². The maximum absolute atomic E-state index is 12.8. The Kier molecular flexibility index (Phi) is 5.19. The molecule has 1 N–H and O–H groups in total. The van der Waals surface area contributed by atoms with E-state index in [0.717, 1.165) is 45.3 Å². The molecule has 2 aliphatic rings. The van der Waals surface area contributed by atoms with Gasteiger partial charge < -0.3 is 19.7 Å². The van der Waals surface area contributed by atoms with Crippen LogP contribution in [0.4, 0.5) is 0 Å². The first-order chi connectivity index (χ1) is 9.22. The maximum atomic E-state index is 12.8. The van der Waals surface area contributed by atoms with Crippen LogP contribution in [0.15, 0.2) is 0 Å². The van der Waals surface area contributed by atoms with Crippen molar-refractivity contribution < 1.29 is 14.3 Å². The van der Waals surface area contributed by atoms with Gasteiger partial charge in [0.1, 0.15) is 5.60 Å². The number of nitrogens with zero attached hydrogens (tertiary/aromatic N) is 1. The SMILES string of the molecule is CCO[C@H]1CCCN(C(=O)C2(OC)CCNCC2)C1. The lowest BCUT2D eigenvalue weighted by molar-refractivity contribution is -0.162. The second-order valence-electron chi connectivity index (χ2n) is 5.42. The number of ether oxygens (including phenoxy) is 2. The van der Waals surface area contributed by atoms with Crippen LogP contribution in [0.1, 0.15) is 32.6 Å². The van der Waals surface area contributed by atoms with Crippen molar-refractivity contribution in [3.05, 3.63) is 0 Å². The van der Waals surface area contributed by atoms with Gasteiger partial charge in [0.2, 0.25) is 0 Å². The van der Waals surface area contributed by atoms with Crippen LogP contribution in [0.25, 0.3) is 0 Å². The predicted octanol–water partition coefficient (Wildman–Crippen LogP) is 0.783. The number of nitrogens with one attached hydrogen (secondary N) is 1. The lowest BCUT2D eigenvalue weighted by atomic mass is 9.89. The third kappa shape index (κ3) is 3.27. The van der Waals surface area contributed by atoms with Gasteiger partial charge in [-0.2, -0.15) is 0 Å². The van der Waals surface area contributed by atoms with Gasteiger partial charge in [0.25, 0.3) is 5.91 Å². The van der Waals surface area contributed by atoms with Crippen molar-refractivity contribution in [2.24, 2.45) is 0 Å². The molecule has 0 unspecified atom stereocenters. The monoisotopic (exact) mass is 270 g/mol. The van der Waals surface area contributed by atoms with Gasteiger partial charge in [-0.3, -0.25) is 4.79 Å². The van der Waals surface area contributed by atoms with Gasteiger partial charge in [-0.15, -0.1) is 0 Å². The number of methoxy groups -OCH3 is 1. The Bertz CT molecular complexity index is 301. The van der Waals surface area contributed by atoms with Crippen LogP contribution < -0.4 is 5.32 Å². The van der Waals surface area contributed by atoms with Gasteiger partial charge in [0.15, 0.2) is 0 Å². The van der Waals surface area contributed by atoms with Crippen molar-refractivity contribution in [3.63, 3.8) is 0 Å². The minimum absolute atomic E-state index is 0.154. The van der Waals surface area contributed by atoms with Crippen molar-refractivity contribution in [2.75, 3.05) is 39.9 Å². The fourth-order valence-electron chi connectivity index (χ4n) is 3.12. The number of amides is 1. The quantitative estimate of drug-likeness (QED) is 0.820. The van der Waals surface area contributed by atoms with E-state index >= 15 is 0 Å². The Labute approximate surface area is 115 Å². The molecule has 2 heterocycles. The second-order valence-corrected chi connectivity index (χ2v) is 5.42. The summed E-state index contributed by atoms with van der Waals surface area (Å²) in [7, 11) is 1.66. The van der Waals surface area contributed by atoms with Gasteiger partial charge in [0.05, 0.1) is 6.10 Å². The molecule has 0 aromatic carbocycles. The molecule has 2 rings (SSSR count). The van der Waals surface area contributed by atoms with Crippen LogP contribution in [0.5, 0.6) is 0 Å². The molecule has 5 heteroatoms. The normalized spacial score (nSPS) is 27.3. The first-order valence-corrected chi connectivity index (χ1v) is 7.38. The van der Waals surface area contributed by atoms with E-state index in [1.165, 1.54) is 0 Å². The highest BCUT2D eigenvalue weighted by Gasteiger charge is 2.43. The summed E-state index contributed by atoms with van der Waals surface area (Å²) in [6.45, 7) is 5.97. The number of carbonyl (C=O) groups excluding carboxylic acids is 1. The maximum Gasteiger partial charge on any atom is 0.254 e. The molecule has 19 heavy (non-hydrogen) atoms. The fourth-order valence-corrected chi connectivity index (χ4v) is 3.12. The van der Waals surface area contributed by atoms with Gasteiger partial charge in [0, 0.05) is 26.8 Å². The zero-order valence-corrected chi connectivity index (χ0v) is 12.1. The van der Waals surface area contributed by atoms with Crippen LogP contribution in [0.3, 0.4) is 0 Å². The van der Waals surface area contributed by atoms with Crippen molar-refractivity contribution in [1.29, 1.82) is 0 Å². The van der Waals surface area contributed by atoms with Gasteiger partial charge in [-0.05, 0) is 45.7 Å². The van der Waals surface area contributed by atoms with Crippen LogP contribution in [-0.4, -0.2) is 62.4 Å². The highest BCUT2D eigenvalue weighted by molar-refractivity contribution is 5.85. The van der Waals surface area contributed by atoms with Crippen molar-refractivity contribution in [1.82, 2.24) is 10.2 Å². The Morgan fingerprint density at radius 2 is 2.16 bits per heavy atom. The third-order valence-electron chi connectivity index (χ3n) is 4.26. The lowest BCUT2D eigenvalue weighted by Crippen LogP contribution is -2.57. The highest BCUT2D eigenvalue weighted by atomic mass is 16.5. The summed E-state index contributed by atoms with van der Waals surface area (Å²) in [6, 6.07) is 0. The Morgan fingerprint density at radius 1 is 1.42 bits per heavy atom. The largest absolute Gasteiger partial charge is 0.377 e. The average Bonchev–Trinajstić information content (AvgIpc) is 2.48. The predicted molar refractivity (Wildman–Crippen MR) is 73.1 cm³/mol. The smallest absolute Gasteiger partial charge is 0.254 e. The molecule has 5 nitrogen and oxygen atoms in total. The average molecular weight is 270 g/mol. The number of piperidine rings is 2. The lowest BCUT2D eigenvalue weighted by Gasteiger charge is -2.41. The van der Waals surface area contributed by atoms with Gasteiger partial charge in [-0.1, -0.05) is 0 Å². The molecule has 0 radical (unpaired) electrons. The molecule has 0 bridgehead atoms. The summed E-state index contributed by atoms with van der Waals surface area (Å²) in [5.41, 5.74) is -0.612. The molecule has 1 amide bonds. The van der Waals surface area contributed by atoms with Gasteiger partial charge in [-0.25, -0.2) is 0 Å². The van der Waals surface area contributed by atoms with E-state index in [2.05, 4.69) is 5.32 Å². The summed E-state index contributed by atoms with van der Waals surface area (Å²) in [6.07, 6.45) is 3.79. The molecule has 0 aliphatic carbocycles. The fraction of sp³-hybridized carbons (Fsp3) is 0.929. The molecule has 0 spiro atoms. The van der Waals surface area contributed by atoms with Crippen molar-refractivity contribution in [3.8, 4) is 0 Å². The van der Waals surface area contributed by atoms with Crippen LogP contribution in [0.2, 0.25) is 0 Å². The van der Waals surface area contributed by atoms with Gasteiger partial charge >= 0.3 is 0 Å². The summed E-state index contributed by atoms with van der Waals surface area (Å²) >= 11 is 0. The van der Waals surface area contributed by atoms with Crippen molar-refractivity contribution >= 4 is 5.91 Å². The summed E-state index contributed by atoms with van der Waals surface area (Å²) in [5.74, 6) is 0.154. The number of carbonyl (C=O) groups is 1. The second kappa shape index (κ2) is 6.68. The number of hydrogen-bond acceptors (Lipinski definition) is 4. The topological polar surface area (TPSA) is 50.8 Å². The van der Waals surface area contributed by atoms with Crippen LogP contribution in [0, 0.1) is 0 Å². The molecule has 110 valence electrons. The minimum Gasteiger partial charge on any atom is -0.377 e. The first-order valence-electron chi connectivity index (χ1n) is 7.38. The van der Waals surface area contributed by atoms with E-state index in [1.54, 1.807) is 7.11 Å². The molecule has 2 fully saturated rings. The minimum atomic E-state index is -0.612. The van der Waals surface area contributed by atoms with E-state index in [4.69, 9.17) is 9.47 Å².